The average molecular weight is 389 g/mol. The molecule has 0 unspecified atom stereocenters. The Kier molecular flexibility index (Phi) is 6.21. The molecule has 0 fully saturated rings. The summed E-state index contributed by atoms with van der Waals surface area (Å²) in [6.07, 6.45) is 0.549. The van der Waals surface area contributed by atoms with E-state index in [-0.39, 0.29) is 12.3 Å². The highest BCUT2D eigenvalue weighted by Gasteiger charge is 2.13. The van der Waals surface area contributed by atoms with Gasteiger partial charge in [0, 0.05) is 10.2 Å². The third-order valence-corrected chi connectivity index (χ3v) is 4.16. The molecule has 1 N–H and O–H groups in total. The monoisotopic (exact) mass is 388 g/mol. The lowest BCUT2D eigenvalue weighted by Crippen LogP contribution is -2.14. The maximum Gasteiger partial charge on any atom is 0.228 e. The number of ether oxygens (including phenoxy) is 2. The summed E-state index contributed by atoms with van der Waals surface area (Å²) < 4.78 is 11.3. The molecule has 0 radical (unpaired) electrons. The van der Waals surface area contributed by atoms with Crippen LogP contribution in [0.2, 0.25) is 0 Å². The van der Waals surface area contributed by atoms with Crippen molar-refractivity contribution in [3.63, 3.8) is 0 Å². The third-order valence-electron chi connectivity index (χ3n) is 3.42. The van der Waals surface area contributed by atoms with Gasteiger partial charge in [0.2, 0.25) is 5.91 Å². The second-order valence-corrected chi connectivity index (χ2v) is 5.91. The van der Waals surface area contributed by atoms with Gasteiger partial charge in [-0.1, -0.05) is 28.1 Å². The molecule has 0 aromatic heterocycles. The van der Waals surface area contributed by atoms with Crippen molar-refractivity contribution in [2.45, 2.75) is 12.8 Å². The number of halogens is 1. The van der Waals surface area contributed by atoms with Crippen molar-refractivity contribution in [1.29, 1.82) is 5.26 Å². The van der Waals surface area contributed by atoms with Crippen molar-refractivity contribution >= 4 is 27.5 Å². The summed E-state index contributed by atoms with van der Waals surface area (Å²) >= 11 is 3.45. The van der Waals surface area contributed by atoms with Gasteiger partial charge in [0.05, 0.1) is 33.1 Å². The Bertz CT molecular complexity index is 767. The summed E-state index contributed by atoms with van der Waals surface area (Å²) in [5.74, 6) is 1.03. The minimum absolute atomic E-state index is 0.143. The predicted octanol–water partition coefficient (Wildman–Crippen LogP) is 3.71. The minimum Gasteiger partial charge on any atom is -0.493 e. The first-order chi connectivity index (χ1) is 11.6. The van der Waals surface area contributed by atoms with Crippen LogP contribution in [0.15, 0.2) is 40.9 Å². The number of hydrogen-bond acceptors (Lipinski definition) is 4. The molecule has 0 saturated carbocycles. The van der Waals surface area contributed by atoms with Crippen molar-refractivity contribution in [2.24, 2.45) is 0 Å². The van der Waals surface area contributed by atoms with E-state index in [0.29, 0.717) is 23.6 Å². The van der Waals surface area contributed by atoms with E-state index in [1.165, 1.54) is 0 Å². The maximum absolute atomic E-state index is 12.2. The molecule has 5 nitrogen and oxygen atoms in total. The van der Waals surface area contributed by atoms with E-state index in [1.54, 1.807) is 38.5 Å². The molecule has 0 aliphatic heterocycles. The molecule has 24 heavy (non-hydrogen) atoms. The number of nitrogens with zero attached hydrogens (tertiary/aromatic N) is 1. The maximum atomic E-state index is 12.2. The molecule has 0 atom stereocenters. The van der Waals surface area contributed by atoms with Gasteiger partial charge in [-0.25, -0.2) is 0 Å². The predicted molar refractivity (Wildman–Crippen MR) is 95.3 cm³/mol. The fourth-order valence-corrected chi connectivity index (χ4v) is 2.67. The largest absolute Gasteiger partial charge is 0.493 e. The number of anilines is 1. The molecule has 6 heteroatoms. The number of carbonyl (C=O) groups excluding carboxylic acids is 1. The Labute approximate surface area is 149 Å². The van der Waals surface area contributed by atoms with Crippen LogP contribution in [0.1, 0.15) is 11.1 Å². The van der Waals surface area contributed by atoms with Crippen LogP contribution < -0.4 is 14.8 Å². The lowest BCUT2D eigenvalue weighted by Gasteiger charge is -2.12. The summed E-state index contributed by atoms with van der Waals surface area (Å²) in [5, 5.41) is 11.5. The molecule has 0 bridgehead atoms. The fraction of sp³-hybridized carbons (Fsp3) is 0.222. The number of hydrogen-bond donors (Lipinski definition) is 1. The van der Waals surface area contributed by atoms with Crippen molar-refractivity contribution in [3.05, 3.63) is 52.0 Å². The zero-order chi connectivity index (χ0) is 17.5. The van der Waals surface area contributed by atoms with E-state index in [0.717, 1.165) is 15.6 Å². The van der Waals surface area contributed by atoms with Crippen molar-refractivity contribution in [2.75, 3.05) is 19.5 Å². The van der Waals surface area contributed by atoms with Gasteiger partial charge < -0.3 is 14.8 Å². The summed E-state index contributed by atoms with van der Waals surface area (Å²) in [7, 11) is 3.12. The van der Waals surface area contributed by atoms with Crippen LogP contribution in [0.4, 0.5) is 5.69 Å². The summed E-state index contributed by atoms with van der Waals surface area (Å²) in [6.45, 7) is 0. The number of methoxy groups -OCH3 is 2. The number of nitrogens with one attached hydrogen (secondary N) is 1. The van der Waals surface area contributed by atoms with E-state index in [1.807, 2.05) is 12.1 Å². The first kappa shape index (κ1) is 17.8. The Hall–Kier alpha value is -2.52. The molecule has 0 aliphatic carbocycles. The summed E-state index contributed by atoms with van der Waals surface area (Å²) in [6, 6.07) is 12.9. The molecule has 124 valence electrons. The van der Waals surface area contributed by atoms with Crippen molar-refractivity contribution in [3.8, 4) is 17.6 Å². The number of rotatable bonds is 6. The normalized spacial score (nSPS) is 9.92. The Morgan fingerprint density at radius 1 is 1.17 bits per heavy atom. The molecule has 1 amide bonds. The molecule has 0 aliphatic rings. The second kappa shape index (κ2) is 8.37. The van der Waals surface area contributed by atoms with Gasteiger partial charge in [-0.15, -0.1) is 0 Å². The van der Waals surface area contributed by atoms with Crippen molar-refractivity contribution in [1.82, 2.24) is 0 Å². The van der Waals surface area contributed by atoms with Crippen LogP contribution in [-0.4, -0.2) is 20.1 Å². The minimum atomic E-state index is -0.143. The number of carbonyl (C=O) groups is 1. The molecule has 2 rings (SSSR count). The van der Waals surface area contributed by atoms with Crippen LogP contribution in [0, 0.1) is 11.3 Å². The SMILES string of the molecule is COc1cc(Br)c(CC(=O)Nc2ccc(CC#N)cc2)cc1OC. The van der Waals surface area contributed by atoms with Crippen LogP contribution in [0.3, 0.4) is 0 Å². The molecule has 0 heterocycles. The Balaban J connectivity index is 2.08. The van der Waals surface area contributed by atoms with E-state index < -0.39 is 0 Å². The highest BCUT2D eigenvalue weighted by molar-refractivity contribution is 9.10. The van der Waals surface area contributed by atoms with Gasteiger partial charge >= 0.3 is 0 Å². The third kappa shape index (κ3) is 4.49. The van der Waals surface area contributed by atoms with Gasteiger partial charge in [-0.05, 0) is 35.4 Å². The number of benzene rings is 2. The lowest BCUT2D eigenvalue weighted by molar-refractivity contribution is -0.115. The number of amides is 1. The molecule has 0 saturated heterocycles. The first-order valence-electron chi connectivity index (χ1n) is 7.23. The molecule has 2 aromatic rings. The van der Waals surface area contributed by atoms with Crippen LogP contribution in [0.5, 0.6) is 11.5 Å². The molecular formula is C18H17BrN2O3. The van der Waals surface area contributed by atoms with Gasteiger partial charge in [0.15, 0.2) is 11.5 Å². The lowest BCUT2D eigenvalue weighted by atomic mass is 10.1. The Morgan fingerprint density at radius 2 is 1.79 bits per heavy atom. The van der Waals surface area contributed by atoms with Gasteiger partial charge in [-0.3, -0.25) is 4.79 Å². The van der Waals surface area contributed by atoms with Crippen molar-refractivity contribution < 1.29 is 14.3 Å². The van der Waals surface area contributed by atoms with Crippen LogP contribution in [-0.2, 0) is 17.6 Å². The number of nitriles is 1. The van der Waals surface area contributed by atoms with E-state index in [9.17, 15) is 4.79 Å². The average Bonchev–Trinajstić information content (AvgIpc) is 2.58. The highest BCUT2D eigenvalue weighted by Crippen LogP contribution is 2.33. The first-order valence-corrected chi connectivity index (χ1v) is 8.02. The molecule has 2 aromatic carbocycles. The van der Waals surface area contributed by atoms with Gasteiger partial charge in [-0.2, -0.15) is 5.26 Å². The van der Waals surface area contributed by atoms with E-state index in [4.69, 9.17) is 14.7 Å². The zero-order valence-electron chi connectivity index (χ0n) is 13.4. The van der Waals surface area contributed by atoms with Crippen LogP contribution >= 0.6 is 15.9 Å². The quantitative estimate of drug-likeness (QED) is 0.818. The Morgan fingerprint density at radius 3 is 2.38 bits per heavy atom. The van der Waals surface area contributed by atoms with E-state index in [2.05, 4.69) is 27.3 Å². The smallest absolute Gasteiger partial charge is 0.228 e. The highest BCUT2D eigenvalue weighted by atomic mass is 79.9. The van der Waals surface area contributed by atoms with Crippen LogP contribution in [0.25, 0.3) is 0 Å². The fourth-order valence-electron chi connectivity index (χ4n) is 2.21. The molecular weight excluding hydrogens is 372 g/mol. The summed E-state index contributed by atoms with van der Waals surface area (Å²) in [5.41, 5.74) is 2.41. The van der Waals surface area contributed by atoms with Gasteiger partial charge in [0.25, 0.3) is 0 Å². The topological polar surface area (TPSA) is 71.3 Å². The standard InChI is InChI=1S/C18H17BrN2O3/c1-23-16-9-13(15(19)11-17(16)24-2)10-18(22)21-14-5-3-12(4-6-14)7-8-20/h3-6,9,11H,7,10H2,1-2H3,(H,21,22). The molecule has 0 spiro atoms. The zero-order valence-corrected chi connectivity index (χ0v) is 15.0. The second-order valence-electron chi connectivity index (χ2n) is 5.06. The van der Waals surface area contributed by atoms with E-state index >= 15 is 0 Å². The summed E-state index contributed by atoms with van der Waals surface area (Å²) in [4.78, 5) is 12.2. The van der Waals surface area contributed by atoms with Gasteiger partial charge in [0.1, 0.15) is 0 Å².